The molecule has 0 radical (unpaired) electrons. The van der Waals surface area contributed by atoms with Crippen molar-refractivity contribution in [3.05, 3.63) is 28.7 Å². The van der Waals surface area contributed by atoms with Gasteiger partial charge in [0.05, 0.1) is 22.2 Å². The van der Waals surface area contributed by atoms with Crippen LogP contribution in [0.25, 0.3) is 11.3 Å². The zero-order valence-electron chi connectivity index (χ0n) is 21.6. The highest BCUT2D eigenvalue weighted by Gasteiger charge is 2.36. The highest BCUT2D eigenvalue weighted by atomic mass is 35.5. The summed E-state index contributed by atoms with van der Waals surface area (Å²) < 4.78 is 87.8. The molecule has 2 aromatic rings. The number of hydrogen-bond donors (Lipinski definition) is 1. The van der Waals surface area contributed by atoms with E-state index in [1.807, 2.05) is 0 Å². The number of ether oxygens (including phenoxy) is 1. The van der Waals surface area contributed by atoms with Crippen LogP contribution in [0.1, 0.15) is 62.6 Å². The first-order valence-electron chi connectivity index (χ1n) is 12.3. The van der Waals surface area contributed by atoms with E-state index < -0.39 is 48.4 Å². The van der Waals surface area contributed by atoms with E-state index in [-0.39, 0.29) is 34.2 Å². The summed E-state index contributed by atoms with van der Waals surface area (Å²) in [4.78, 5) is 16.9. The molecule has 0 saturated heterocycles. The number of rotatable bonds is 9. The normalized spacial score (nSPS) is 18.2. The van der Waals surface area contributed by atoms with E-state index in [0.717, 1.165) is 44.9 Å². The summed E-state index contributed by atoms with van der Waals surface area (Å²) >= 11 is 5.76. The first-order valence-corrected chi connectivity index (χ1v) is 13.3. The van der Waals surface area contributed by atoms with Crippen LogP contribution in [0, 0.1) is 17.8 Å². The van der Waals surface area contributed by atoms with Crippen LogP contribution in [0.2, 0.25) is 5.02 Å². The largest absolute Gasteiger partial charge is 0.434 e. The molecule has 2 heterocycles. The van der Waals surface area contributed by atoms with Gasteiger partial charge in [-0.1, -0.05) is 38.3 Å². The number of aromatic nitrogens is 3. The number of hydrogen-bond acceptors (Lipinski definition) is 6. The van der Waals surface area contributed by atoms with Gasteiger partial charge in [-0.25, -0.2) is 0 Å². The third-order valence-corrected chi connectivity index (χ3v) is 6.92. The van der Waals surface area contributed by atoms with Gasteiger partial charge in [-0.05, 0) is 31.6 Å². The molecular formula is C24H30ClF5N4O4S. The second-order valence-electron chi connectivity index (χ2n) is 9.43. The molecule has 0 aliphatic heterocycles. The van der Waals surface area contributed by atoms with Gasteiger partial charge in [0.25, 0.3) is 5.91 Å². The molecule has 1 N–H and O–H groups in total. The van der Waals surface area contributed by atoms with E-state index in [2.05, 4.69) is 27.1 Å². The summed E-state index contributed by atoms with van der Waals surface area (Å²) in [6.45, 7) is 2.38. The minimum Gasteiger partial charge on any atom is -0.434 e. The van der Waals surface area contributed by atoms with Gasteiger partial charge in [0.2, 0.25) is 0 Å². The summed E-state index contributed by atoms with van der Waals surface area (Å²) in [6, 6.07) is 1.04. The third-order valence-electron chi connectivity index (χ3n) is 6.56. The van der Waals surface area contributed by atoms with Crippen molar-refractivity contribution >= 4 is 29.1 Å². The van der Waals surface area contributed by atoms with E-state index in [1.165, 1.54) is 4.68 Å². The highest BCUT2D eigenvalue weighted by molar-refractivity contribution is 7.51. The lowest BCUT2D eigenvalue weighted by Gasteiger charge is -2.26. The summed E-state index contributed by atoms with van der Waals surface area (Å²) in [6.07, 6.45) is 0.383. The van der Waals surface area contributed by atoms with E-state index in [9.17, 15) is 26.7 Å². The van der Waals surface area contributed by atoms with E-state index in [4.69, 9.17) is 20.0 Å². The van der Waals surface area contributed by atoms with Crippen LogP contribution in [0.4, 0.5) is 22.0 Å². The van der Waals surface area contributed by atoms with Gasteiger partial charge in [0.1, 0.15) is 5.75 Å². The Hall–Kier alpha value is -2.61. The molecule has 1 aliphatic rings. The molecule has 39 heavy (non-hydrogen) atoms. The molecule has 1 saturated carbocycles. The SMILES string of the molecule is CCn1nc(C(=O)NCC2CCC(C)CC2)c(Cl)c1-c1cnc(C[C@H](C)C(F)(F)F)cc1OC(F)F.O=S=O. The van der Waals surface area contributed by atoms with Crippen molar-refractivity contribution < 1.29 is 39.9 Å². The number of carbonyl (C=O) groups is 1. The lowest BCUT2D eigenvalue weighted by molar-refractivity contribution is -0.169. The third kappa shape index (κ3) is 9.23. The van der Waals surface area contributed by atoms with Crippen molar-refractivity contribution in [3.63, 3.8) is 0 Å². The first kappa shape index (κ1) is 32.6. The Morgan fingerprint density at radius 2 is 1.87 bits per heavy atom. The monoisotopic (exact) mass is 600 g/mol. The molecule has 0 spiro atoms. The molecular weight excluding hydrogens is 571 g/mol. The van der Waals surface area contributed by atoms with E-state index in [0.29, 0.717) is 18.4 Å². The molecule has 1 aliphatic carbocycles. The van der Waals surface area contributed by atoms with Crippen LogP contribution in [0.5, 0.6) is 5.75 Å². The van der Waals surface area contributed by atoms with Gasteiger partial charge in [-0.2, -0.15) is 35.5 Å². The Morgan fingerprint density at radius 1 is 1.26 bits per heavy atom. The quantitative estimate of drug-likeness (QED) is 0.362. The average Bonchev–Trinajstić information content (AvgIpc) is 3.19. The molecule has 0 aromatic carbocycles. The number of aryl methyl sites for hydroxylation is 1. The topological polar surface area (TPSA) is 103 Å². The molecule has 218 valence electrons. The minimum atomic E-state index is -4.47. The second-order valence-corrected chi connectivity index (χ2v) is 9.94. The van der Waals surface area contributed by atoms with Gasteiger partial charge in [0, 0.05) is 37.5 Å². The highest BCUT2D eigenvalue weighted by Crippen LogP contribution is 2.38. The molecule has 1 amide bonds. The average molecular weight is 601 g/mol. The fourth-order valence-corrected chi connectivity index (χ4v) is 4.64. The fraction of sp³-hybridized carbons (Fsp3) is 0.625. The molecule has 8 nitrogen and oxygen atoms in total. The van der Waals surface area contributed by atoms with Gasteiger partial charge in [-0.15, -0.1) is 0 Å². The van der Waals surface area contributed by atoms with Crippen LogP contribution >= 0.6 is 11.6 Å². The van der Waals surface area contributed by atoms with E-state index in [1.54, 1.807) is 6.92 Å². The molecule has 1 atom stereocenters. The molecule has 15 heteroatoms. The van der Waals surface area contributed by atoms with Gasteiger partial charge in [0.15, 0.2) is 5.69 Å². The predicted octanol–water partition coefficient (Wildman–Crippen LogP) is 5.85. The van der Waals surface area contributed by atoms with Crippen molar-refractivity contribution in [2.24, 2.45) is 17.8 Å². The number of amides is 1. The Bertz CT molecular complexity index is 1150. The van der Waals surface area contributed by atoms with Crippen LogP contribution < -0.4 is 10.1 Å². The van der Waals surface area contributed by atoms with Gasteiger partial charge < -0.3 is 10.1 Å². The Morgan fingerprint density at radius 3 is 2.41 bits per heavy atom. The lowest BCUT2D eigenvalue weighted by Crippen LogP contribution is -2.31. The van der Waals surface area contributed by atoms with Crippen molar-refractivity contribution in [2.75, 3.05) is 6.54 Å². The summed E-state index contributed by atoms with van der Waals surface area (Å²) in [5.74, 6) is -1.59. The Labute approximate surface area is 231 Å². The Kier molecular flexibility index (Phi) is 12.3. The number of carbonyl (C=O) groups excluding carboxylic acids is 1. The molecule has 0 bridgehead atoms. The molecule has 0 unspecified atom stereocenters. The molecule has 3 rings (SSSR count). The zero-order chi connectivity index (χ0) is 29.3. The van der Waals surface area contributed by atoms with Crippen LogP contribution in [-0.4, -0.2) is 48.4 Å². The standard InChI is InChI=1S/C24H30ClF5N4O2.O2S/c1-4-34-21(19(25)20(33-34)22(35)32-11-15-7-5-13(2)6-8-15)17-12-31-16(9-14(3)24(28,29)30)10-18(17)36-23(26)27;1-3-2/h10,12-15,23H,4-9,11H2,1-3H3,(H,32,35);/t13?,14-,15?;/m0./s1. The van der Waals surface area contributed by atoms with Gasteiger partial charge >= 0.3 is 24.4 Å². The number of pyridine rings is 1. The summed E-state index contributed by atoms with van der Waals surface area (Å²) in [5.41, 5.74) is -0.0269. The van der Waals surface area contributed by atoms with Crippen molar-refractivity contribution in [1.82, 2.24) is 20.1 Å². The minimum absolute atomic E-state index is 0.00150. The number of alkyl halides is 5. The van der Waals surface area contributed by atoms with Crippen molar-refractivity contribution in [3.8, 4) is 17.0 Å². The molecule has 1 fully saturated rings. The van der Waals surface area contributed by atoms with Crippen LogP contribution in [0.15, 0.2) is 12.3 Å². The summed E-state index contributed by atoms with van der Waals surface area (Å²) in [7, 11) is 0. The number of nitrogens with zero attached hydrogens (tertiary/aromatic N) is 3. The number of halogens is 6. The van der Waals surface area contributed by atoms with Crippen molar-refractivity contribution in [1.29, 1.82) is 0 Å². The zero-order valence-corrected chi connectivity index (χ0v) is 23.1. The second kappa shape index (κ2) is 14.7. The Balaban J connectivity index is 0.00000170. The lowest BCUT2D eigenvalue weighted by atomic mass is 9.83. The van der Waals surface area contributed by atoms with Crippen molar-refractivity contribution in [2.45, 2.75) is 72.2 Å². The van der Waals surface area contributed by atoms with E-state index >= 15 is 0 Å². The maximum atomic E-state index is 13.2. The van der Waals surface area contributed by atoms with Crippen LogP contribution in [-0.2, 0) is 24.5 Å². The first-order chi connectivity index (χ1) is 18.3. The fourth-order valence-electron chi connectivity index (χ4n) is 4.32. The summed E-state index contributed by atoms with van der Waals surface area (Å²) in [5, 5.41) is 7.04. The van der Waals surface area contributed by atoms with Gasteiger partial charge in [-0.3, -0.25) is 14.5 Å². The smallest absolute Gasteiger partial charge is 0.391 e. The maximum absolute atomic E-state index is 13.2. The maximum Gasteiger partial charge on any atom is 0.391 e. The number of nitrogens with one attached hydrogen (secondary N) is 1. The van der Waals surface area contributed by atoms with Crippen LogP contribution in [0.3, 0.4) is 0 Å². The molecule has 2 aromatic heterocycles. The predicted molar refractivity (Wildman–Crippen MR) is 134 cm³/mol.